The number of hydrogen-bond acceptors (Lipinski definition) is 1. The van der Waals surface area contributed by atoms with Gasteiger partial charge in [-0.15, -0.1) is 0 Å². The SMILES string of the molecule is O=C(O)N1CC2C(C1)C2(Br)Br. The summed E-state index contributed by atoms with van der Waals surface area (Å²) in [5.41, 5.74) is 0. The van der Waals surface area contributed by atoms with E-state index in [1.54, 1.807) is 0 Å². The molecule has 0 aromatic heterocycles. The molecule has 11 heavy (non-hydrogen) atoms. The number of rotatable bonds is 0. The van der Waals surface area contributed by atoms with E-state index in [9.17, 15) is 4.79 Å². The van der Waals surface area contributed by atoms with Crippen LogP contribution < -0.4 is 0 Å². The average Bonchev–Trinajstić information content (AvgIpc) is 2.28. The first kappa shape index (κ1) is 7.86. The van der Waals surface area contributed by atoms with Crippen molar-refractivity contribution in [2.75, 3.05) is 13.1 Å². The van der Waals surface area contributed by atoms with Gasteiger partial charge in [0.1, 0.15) is 0 Å². The van der Waals surface area contributed by atoms with E-state index in [1.165, 1.54) is 4.90 Å². The number of halogens is 2. The monoisotopic (exact) mass is 283 g/mol. The third kappa shape index (κ3) is 1.01. The molecule has 2 aliphatic rings. The van der Waals surface area contributed by atoms with Crippen LogP contribution in [0.25, 0.3) is 0 Å². The van der Waals surface area contributed by atoms with Gasteiger partial charge in [-0.25, -0.2) is 4.79 Å². The molecule has 0 spiro atoms. The second-order valence-electron chi connectivity index (χ2n) is 3.08. The first-order valence-corrected chi connectivity index (χ1v) is 4.97. The topological polar surface area (TPSA) is 40.5 Å². The zero-order chi connectivity index (χ0) is 8.22. The largest absolute Gasteiger partial charge is 0.465 e. The van der Waals surface area contributed by atoms with Gasteiger partial charge in [-0.2, -0.15) is 0 Å². The minimum absolute atomic E-state index is 0.0476. The molecule has 1 saturated carbocycles. The summed E-state index contributed by atoms with van der Waals surface area (Å²) in [6.07, 6.45) is -0.798. The number of carboxylic acid groups (broad SMARTS) is 1. The summed E-state index contributed by atoms with van der Waals surface area (Å²) in [6.45, 7) is 1.33. The van der Waals surface area contributed by atoms with E-state index >= 15 is 0 Å². The average molecular weight is 285 g/mol. The highest BCUT2D eigenvalue weighted by atomic mass is 79.9. The van der Waals surface area contributed by atoms with Gasteiger partial charge < -0.3 is 10.0 Å². The van der Waals surface area contributed by atoms with Crippen LogP contribution in [0.1, 0.15) is 0 Å². The number of fused-ring (bicyclic) bond motifs is 1. The lowest BCUT2D eigenvalue weighted by Gasteiger charge is -2.16. The molecule has 2 fully saturated rings. The molecule has 0 aromatic carbocycles. The summed E-state index contributed by atoms with van der Waals surface area (Å²) < 4.78 is 0.0476. The van der Waals surface area contributed by atoms with Crippen molar-refractivity contribution in [2.45, 2.75) is 3.23 Å². The third-order valence-corrected chi connectivity index (χ3v) is 4.82. The number of likely N-dealkylation sites (tertiary alicyclic amines) is 1. The standard InChI is InChI=1S/C6H7Br2NO2/c7-6(8)3-1-9(5(10)11)2-4(3)6/h3-4H,1-2H2,(H,10,11). The number of nitrogens with zero attached hydrogens (tertiary/aromatic N) is 1. The van der Waals surface area contributed by atoms with Crippen molar-refractivity contribution in [3.63, 3.8) is 0 Å². The van der Waals surface area contributed by atoms with Gasteiger partial charge in [0, 0.05) is 24.9 Å². The molecule has 2 rings (SSSR count). The van der Waals surface area contributed by atoms with Crippen LogP contribution in [0.2, 0.25) is 0 Å². The molecule has 0 aromatic rings. The molecule has 5 heteroatoms. The number of hydrogen-bond donors (Lipinski definition) is 1. The van der Waals surface area contributed by atoms with E-state index in [-0.39, 0.29) is 3.23 Å². The van der Waals surface area contributed by atoms with E-state index < -0.39 is 6.09 Å². The molecule has 2 unspecified atom stereocenters. The molecule has 1 heterocycles. The Balaban J connectivity index is 2.00. The fourth-order valence-electron chi connectivity index (χ4n) is 1.66. The van der Waals surface area contributed by atoms with Crippen LogP contribution in [0.5, 0.6) is 0 Å². The number of carbonyl (C=O) groups is 1. The van der Waals surface area contributed by atoms with Crippen LogP contribution in [0.4, 0.5) is 4.79 Å². The van der Waals surface area contributed by atoms with Crippen LogP contribution in [0.3, 0.4) is 0 Å². The summed E-state index contributed by atoms with van der Waals surface area (Å²) >= 11 is 7.01. The van der Waals surface area contributed by atoms with E-state index in [0.29, 0.717) is 24.9 Å². The van der Waals surface area contributed by atoms with Crippen LogP contribution in [0.15, 0.2) is 0 Å². The lowest BCUT2D eigenvalue weighted by Crippen LogP contribution is -2.31. The molecule has 1 saturated heterocycles. The first-order chi connectivity index (χ1) is 5.03. The quantitative estimate of drug-likeness (QED) is 0.688. The molecule has 1 N–H and O–H groups in total. The summed E-state index contributed by atoms with van der Waals surface area (Å²) in [6, 6.07) is 0. The van der Waals surface area contributed by atoms with Gasteiger partial charge in [0.25, 0.3) is 0 Å². The molecule has 3 nitrogen and oxygen atoms in total. The van der Waals surface area contributed by atoms with Crippen molar-refractivity contribution >= 4 is 38.0 Å². The number of alkyl halides is 2. The molecule has 62 valence electrons. The van der Waals surface area contributed by atoms with Crippen LogP contribution in [-0.4, -0.2) is 32.4 Å². The minimum atomic E-state index is -0.798. The Kier molecular flexibility index (Phi) is 1.52. The molecule has 1 aliphatic carbocycles. The van der Waals surface area contributed by atoms with Gasteiger partial charge in [-0.3, -0.25) is 0 Å². The molecule has 0 bridgehead atoms. The first-order valence-electron chi connectivity index (χ1n) is 3.39. The number of amides is 1. The van der Waals surface area contributed by atoms with Crippen molar-refractivity contribution in [1.29, 1.82) is 0 Å². The van der Waals surface area contributed by atoms with E-state index in [4.69, 9.17) is 5.11 Å². The fourth-order valence-corrected chi connectivity index (χ4v) is 3.26. The van der Waals surface area contributed by atoms with Crippen LogP contribution in [-0.2, 0) is 0 Å². The van der Waals surface area contributed by atoms with Crippen molar-refractivity contribution in [1.82, 2.24) is 4.90 Å². The molecule has 2 atom stereocenters. The maximum absolute atomic E-state index is 10.5. The van der Waals surface area contributed by atoms with Crippen molar-refractivity contribution < 1.29 is 9.90 Å². The second kappa shape index (κ2) is 2.13. The Labute approximate surface area is 81.0 Å². The van der Waals surface area contributed by atoms with E-state index in [2.05, 4.69) is 31.9 Å². The van der Waals surface area contributed by atoms with Crippen molar-refractivity contribution in [3.8, 4) is 0 Å². The molecule has 1 aliphatic heterocycles. The van der Waals surface area contributed by atoms with Crippen LogP contribution >= 0.6 is 31.9 Å². The predicted molar refractivity (Wildman–Crippen MR) is 47.2 cm³/mol. The predicted octanol–water partition coefficient (Wildman–Crippen LogP) is 1.71. The highest BCUT2D eigenvalue weighted by Gasteiger charge is 2.66. The Hall–Kier alpha value is 0.230. The smallest absolute Gasteiger partial charge is 0.407 e. The van der Waals surface area contributed by atoms with Crippen LogP contribution in [0, 0.1) is 11.8 Å². The Bertz CT molecular complexity index is 205. The summed E-state index contributed by atoms with van der Waals surface area (Å²) in [4.78, 5) is 11.9. The van der Waals surface area contributed by atoms with Gasteiger partial charge in [0.2, 0.25) is 0 Å². The summed E-state index contributed by atoms with van der Waals surface area (Å²) in [5, 5.41) is 8.62. The van der Waals surface area contributed by atoms with Gasteiger partial charge >= 0.3 is 6.09 Å². The fraction of sp³-hybridized carbons (Fsp3) is 0.833. The Morgan fingerprint density at radius 2 is 1.91 bits per heavy atom. The van der Waals surface area contributed by atoms with Gasteiger partial charge in [0.05, 0.1) is 3.23 Å². The minimum Gasteiger partial charge on any atom is -0.465 e. The van der Waals surface area contributed by atoms with Gasteiger partial charge in [-0.05, 0) is 0 Å². The summed E-state index contributed by atoms with van der Waals surface area (Å²) in [7, 11) is 0. The highest BCUT2D eigenvalue weighted by Crippen LogP contribution is 2.65. The molecular formula is C6H7Br2NO2. The van der Waals surface area contributed by atoms with E-state index in [1.807, 2.05) is 0 Å². The zero-order valence-corrected chi connectivity index (χ0v) is 8.80. The number of piperidine rings is 1. The molecule has 0 radical (unpaired) electrons. The maximum atomic E-state index is 10.5. The Morgan fingerprint density at radius 1 is 1.45 bits per heavy atom. The lowest BCUT2D eigenvalue weighted by atomic mass is 10.4. The third-order valence-electron chi connectivity index (χ3n) is 2.47. The summed E-state index contributed by atoms with van der Waals surface area (Å²) in [5.74, 6) is 0.942. The van der Waals surface area contributed by atoms with Gasteiger partial charge in [-0.1, -0.05) is 31.9 Å². The van der Waals surface area contributed by atoms with E-state index in [0.717, 1.165) is 0 Å². The maximum Gasteiger partial charge on any atom is 0.407 e. The van der Waals surface area contributed by atoms with Crippen molar-refractivity contribution in [2.24, 2.45) is 11.8 Å². The van der Waals surface area contributed by atoms with Gasteiger partial charge in [0.15, 0.2) is 0 Å². The molecule has 1 amide bonds. The zero-order valence-electron chi connectivity index (χ0n) is 5.63. The van der Waals surface area contributed by atoms with Crippen molar-refractivity contribution in [3.05, 3.63) is 0 Å². The Morgan fingerprint density at radius 3 is 2.27 bits per heavy atom. The lowest BCUT2D eigenvalue weighted by molar-refractivity contribution is 0.151. The molecular weight excluding hydrogens is 278 g/mol. The normalized spacial score (nSPS) is 38.5. The highest BCUT2D eigenvalue weighted by molar-refractivity contribution is 9.25. The second-order valence-corrected chi connectivity index (χ2v) is 6.76.